The molecule has 0 saturated carbocycles. The molecule has 0 unspecified atom stereocenters. The van der Waals surface area contributed by atoms with Crippen molar-refractivity contribution < 1.29 is 14.0 Å². The highest BCUT2D eigenvalue weighted by molar-refractivity contribution is 6.09. The summed E-state index contributed by atoms with van der Waals surface area (Å²) in [7, 11) is 1.81. The van der Waals surface area contributed by atoms with Crippen LogP contribution >= 0.6 is 0 Å². The Hall–Kier alpha value is -4.12. The fraction of sp³-hybridized carbons (Fsp3) is 0.320. The Morgan fingerprint density at radius 1 is 1.03 bits per heavy atom. The first kappa shape index (κ1) is 23.6. The average Bonchev–Trinajstić information content (AvgIpc) is 3.51. The number of anilines is 1. The van der Waals surface area contributed by atoms with Crippen molar-refractivity contribution in [3.8, 4) is 11.3 Å². The van der Waals surface area contributed by atoms with E-state index in [0.717, 1.165) is 25.2 Å². The second kappa shape index (κ2) is 10.2. The molecule has 1 aliphatic rings. The number of nitrogens with zero attached hydrogens (tertiary/aromatic N) is 6. The molecule has 186 valence electrons. The molecule has 36 heavy (non-hydrogen) atoms. The summed E-state index contributed by atoms with van der Waals surface area (Å²) in [5, 5.41) is 13.8. The van der Waals surface area contributed by atoms with E-state index in [1.165, 1.54) is 54.4 Å². The normalized spacial score (nSPS) is 14.2. The van der Waals surface area contributed by atoms with Crippen LogP contribution < -0.4 is 10.6 Å². The number of aryl methyl sites for hydroxylation is 1. The maximum Gasteiger partial charge on any atom is 0.259 e. The molecule has 1 aromatic carbocycles. The number of benzene rings is 1. The number of hydrogen-bond donors (Lipinski definition) is 2. The zero-order chi connectivity index (χ0) is 25.1. The summed E-state index contributed by atoms with van der Waals surface area (Å²) < 4.78 is 17.7. The highest BCUT2D eigenvalue weighted by atomic mass is 19.1. The first-order valence-corrected chi connectivity index (χ1v) is 11.9. The molecule has 4 heterocycles. The smallest absolute Gasteiger partial charge is 0.259 e. The summed E-state index contributed by atoms with van der Waals surface area (Å²) in [6.45, 7) is 3.38. The van der Waals surface area contributed by atoms with Crippen LogP contribution in [-0.4, -0.2) is 67.3 Å². The molecule has 0 spiro atoms. The van der Waals surface area contributed by atoms with Gasteiger partial charge in [-0.15, -0.1) is 0 Å². The number of likely N-dealkylation sites (tertiary alicyclic amines) is 1. The van der Waals surface area contributed by atoms with Gasteiger partial charge in [-0.3, -0.25) is 19.3 Å². The Labute approximate surface area is 207 Å². The monoisotopic (exact) mass is 490 g/mol. The van der Waals surface area contributed by atoms with E-state index in [9.17, 15) is 14.0 Å². The number of hydrogen-bond acceptors (Lipinski definition) is 6. The predicted molar refractivity (Wildman–Crippen MR) is 132 cm³/mol. The largest absolute Gasteiger partial charge is 0.351 e. The number of rotatable bonds is 7. The Morgan fingerprint density at radius 2 is 1.86 bits per heavy atom. The summed E-state index contributed by atoms with van der Waals surface area (Å²) in [6, 6.07) is 3.92. The molecule has 3 aromatic heterocycles. The van der Waals surface area contributed by atoms with Gasteiger partial charge in [-0.1, -0.05) is 6.42 Å². The number of nitrogens with one attached hydrogen (secondary N) is 2. The lowest BCUT2D eigenvalue weighted by molar-refractivity contribution is 0.0945. The third-order valence-corrected chi connectivity index (χ3v) is 6.29. The van der Waals surface area contributed by atoms with Crippen LogP contribution in [0.5, 0.6) is 0 Å². The topological polar surface area (TPSA) is 109 Å². The molecule has 0 bridgehead atoms. The molecule has 10 nitrogen and oxygen atoms in total. The van der Waals surface area contributed by atoms with Gasteiger partial charge in [-0.2, -0.15) is 10.2 Å². The van der Waals surface area contributed by atoms with Crippen LogP contribution in [0.1, 0.15) is 40.0 Å². The highest BCUT2D eigenvalue weighted by Gasteiger charge is 2.18. The molecule has 5 rings (SSSR count). The van der Waals surface area contributed by atoms with Gasteiger partial charge in [0.05, 0.1) is 47.2 Å². The van der Waals surface area contributed by atoms with Crippen LogP contribution in [0.15, 0.2) is 49.2 Å². The van der Waals surface area contributed by atoms with E-state index in [2.05, 4.69) is 30.7 Å². The summed E-state index contributed by atoms with van der Waals surface area (Å²) >= 11 is 0. The van der Waals surface area contributed by atoms with Crippen LogP contribution in [0.25, 0.3) is 16.8 Å². The van der Waals surface area contributed by atoms with Crippen molar-refractivity contribution in [1.29, 1.82) is 0 Å². The van der Waals surface area contributed by atoms with E-state index < -0.39 is 11.7 Å². The Kier molecular flexibility index (Phi) is 6.72. The van der Waals surface area contributed by atoms with Gasteiger partial charge >= 0.3 is 0 Å². The minimum absolute atomic E-state index is 0.0806. The van der Waals surface area contributed by atoms with Crippen molar-refractivity contribution in [3.63, 3.8) is 0 Å². The molecule has 1 aliphatic heterocycles. The summed E-state index contributed by atoms with van der Waals surface area (Å²) in [5.74, 6) is -1.50. The van der Waals surface area contributed by atoms with Crippen molar-refractivity contribution in [2.24, 2.45) is 7.05 Å². The zero-order valence-electron chi connectivity index (χ0n) is 19.9. The van der Waals surface area contributed by atoms with E-state index in [1.807, 2.05) is 13.2 Å². The van der Waals surface area contributed by atoms with Gasteiger partial charge in [-0.05, 0) is 44.1 Å². The molecule has 0 atom stereocenters. The average molecular weight is 491 g/mol. The molecule has 4 aromatic rings. The zero-order valence-corrected chi connectivity index (χ0v) is 19.9. The minimum Gasteiger partial charge on any atom is -0.351 e. The maximum atomic E-state index is 14.5. The van der Waals surface area contributed by atoms with Gasteiger partial charge < -0.3 is 15.5 Å². The number of aromatic nitrogens is 5. The van der Waals surface area contributed by atoms with Crippen molar-refractivity contribution in [1.82, 2.24) is 34.6 Å². The van der Waals surface area contributed by atoms with E-state index in [1.54, 1.807) is 17.1 Å². The molecule has 1 saturated heterocycles. The Bertz CT molecular complexity index is 1410. The van der Waals surface area contributed by atoms with E-state index in [4.69, 9.17) is 0 Å². The molecule has 0 aliphatic carbocycles. The van der Waals surface area contributed by atoms with Gasteiger partial charge in [-0.25, -0.2) is 8.91 Å². The number of amides is 2. The van der Waals surface area contributed by atoms with E-state index >= 15 is 0 Å². The number of piperidine rings is 1. The third-order valence-electron chi connectivity index (χ3n) is 6.29. The van der Waals surface area contributed by atoms with Crippen molar-refractivity contribution in [3.05, 3.63) is 66.1 Å². The van der Waals surface area contributed by atoms with Crippen LogP contribution in [0.4, 0.5) is 10.1 Å². The molecule has 0 radical (unpaired) electrons. The van der Waals surface area contributed by atoms with Crippen molar-refractivity contribution in [2.75, 3.05) is 31.5 Å². The number of halogens is 1. The van der Waals surface area contributed by atoms with E-state index in [0.29, 0.717) is 17.8 Å². The van der Waals surface area contributed by atoms with Crippen LogP contribution in [-0.2, 0) is 7.05 Å². The number of carbonyl (C=O) groups is 2. The van der Waals surface area contributed by atoms with Crippen LogP contribution in [0.3, 0.4) is 0 Å². The van der Waals surface area contributed by atoms with Gasteiger partial charge in [0, 0.05) is 37.5 Å². The summed E-state index contributed by atoms with van der Waals surface area (Å²) in [5.41, 5.74) is 2.35. The second-order valence-corrected chi connectivity index (χ2v) is 8.87. The SMILES string of the molecule is Cn1cc(-c2cn3ncc(C(=O)Nc4cc(C(=O)NCCN5CCCCC5)ccc4F)c3cn2)cn1. The number of carbonyl (C=O) groups excluding carboxylic acids is 2. The molecule has 2 amide bonds. The third kappa shape index (κ3) is 5.10. The number of fused-ring (bicyclic) bond motifs is 1. The lowest BCUT2D eigenvalue weighted by Gasteiger charge is -2.26. The Morgan fingerprint density at radius 3 is 2.64 bits per heavy atom. The fourth-order valence-electron chi connectivity index (χ4n) is 4.33. The van der Waals surface area contributed by atoms with Crippen LogP contribution in [0.2, 0.25) is 0 Å². The predicted octanol–water partition coefficient (Wildman–Crippen LogP) is 2.74. The summed E-state index contributed by atoms with van der Waals surface area (Å²) in [4.78, 5) is 32.3. The van der Waals surface area contributed by atoms with Gasteiger partial charge in [0.15, 0.2) is 0 Å². The van der Waals surface area contributed by atoms with Crippen LogP contribution in [0, 0.1) is 5.82 Å². The first-order valence-electron chi connectivity index (χ1n) is 11.9. The minimum atomic E-state index is -0.637. The lowest BCUT2D eigenvalue weighted by atomic mass is 10.1. The standard InChI is InChI=1S/C25H27FN8O2/c1-32-15-18(12-29-32)22-16-34-23(14-28-22)19(13-30-34)25(36)31-21-11-17(5-6-20(21)26)24(35)27-7-10-33-8-3-2-4-9-33/h5-6,11-16H,2-4,7-10H2,1H3,(H,27,35)(H,31,36). The molecular weight excluding hydrogens is 463 g/mol. The highest BCUT2D eigenvalue weighted by Crippen LogP contribution is 2.21. The Balaban J connectivity index is 1.26. The molecule has 2 N–H and O–H groups in total. The lowest BCUT2D eigenvalue weighted by Crippen LogP contribution is -2.37. The van der Waals surface area contributed by atoms with Crippen molar-refractivity contribution in [2.45, 2.75) is 19.3 Å². The molecule has 11 heteroatoms. The van der Waals surface area contributed by atoms with Gasteiger partial charge in [0.25, 0.3) is 11.8 Å². The summed E-state index contributed by atoms with van der Waals surface area (Å²) in [6.07, 6.45) is 11.8. The van der Waals surface area contributed by atoms with Crippen molar-refractivity contribution >= 4 is 23.0 Å². The first-order chi connectivity index (χ1) is 17.5. The molecule has 1 fully saturated rings. The maximum absolute atomic E-state index is 14.5. The van der Waals surface area contributed by atoms with Gasteiger partial charge in [0.2, 0.25) is 0 Å². The fourth-order valence-corrected chi connectivity index (χ4v) is 4.33. The molecular formula is C25H27FN8O2. The van der Waals surface area contributed by atoms with E-state index in [-0.39, 0.29) is 22.7 Å². The second-order valence-electron chi connectivity index (χ2n) is 8.87. The quantitative estimate of drug-likeness (QED) is 0.412. The van der Waals surface area contributed by atoms with Gasteiger partial charge in [0.1, 0.15) is 5.82 Å².